The zero-order valence-corrected chi connectivity index (χ0v) is 14.8. The van der Waals surface area contributed by atoms with Crippen molar-refractivity contribution in [1.29, 1.82) is 0 Å². The number of carboxylic acid groups (broad SMARTS) is 1. The predicted molar refractivity (Wildman–Crippen MR) is 94.5 cm³/mol. The van der Waals surface area contributed by atoms with Crippen molar-refractivity contribution in [2.24, 2.45) is 0 Å². The summed E-state index contributed by atoms with van der Waals surface area (Å²) in [5.74, 6) is 1.17. The Morgan fingerprint density at radius 3 is 2.00 bits per heavy atom. The number of nitrogens with zero attached hydrogens (tertiary/aromatic N) is 1. The number of carboxylic acids is 1. The molecular formula is C20H17NO7. The van der Waals surface area contributed by atoms with Crippen LogP contribution >= 0.6 is 0 Å². The van der Waals surface area contributed by atoms with Crippen LogP contribution in [0.3, 0.4) is 0 Å². The molecule has 0 saturated carbocycles. The van der Waals surface area contributed by atoms with E-state index in [4.69, 9.17) is 18.9 Å². The SMILES string of the molecule is O=C(O)[C@@H]1CCC(=O)N1C(c1ccc2c(c1)OCO2)c1ccc2c(c1)OCO2. The summed E-state index contributed by atoms with van der Waals surface area (Å²) in [6.45, 7) is 0.266. The number of hydrogen-bond donors (Lipinski definition) is 1. The molecule has 3 heterocycles. The molecule has 28 heavy (non-hydrogen) atoms. The van der Waals surface area contributed by atoms with E-state index in [0.717, 1.165) is 11.1 Å². The van der Waals surface area contributed by atoms with Gasteiger partial charge < -0.3 is 29.0 Å². The van der Waals surface area contributed by atoms with Crippen LogP contribution in [0.15, 0.2) is 36.4 Å². The highest BCUT2D eigenvalue weighted by atomic mass is 16.7. The first-order valence-corrected chi connectivity index (χ1v) is 8.95. The third-order valence-electron chi connectivity index (χ3n) is 5.24. The van der Waals surface area contributed by atoms with Gasteiger partial charge in [0.25, 0.3) is 0 Å². The van der Waals surface area contributed by atoms with Gasteiger partial charge in [0.15, 0.2) is 23.0 Å². The highest BCUT2D eigenvalue weighted by Crippen LogP contribution is 2.43. The van der Waals surface area contributed by atoms with Crippen LogP contribution in [0, 0.1) is 0 Å². The number of amides is 1. The molecule has 144 valence electrons. The maximum Gasteiger partial charge on any atom is 0.326 e. The van der Waals surface area contributed by atoms with Crippen molar-refractivity contribution in [1.82, 2.24) is 4.90 Å². The van der Waals surface area contributed by atoms with Crippen LogP contribution in [0.1, 0.15) is 30.0 Å². The summed E-state index contributed by atoms with van der Waals surface area (Å²) in [5, 5.41) is 9.67. The molecule has 0 aromatic heterocycles. The van der Waals surface area contributed by atoms with Crippen molar-refractivity contribution >= 4 is 11.9 Å². The largest absolute Gasteiger partial charge is 0.480 e. The molecule has 3 aliphatic rings. The number of carbonyl (C=O) groups excluding carboxylic acids is 1. The van der Waals surface area contributed by atoms with Gasteiger partial charge in [-0.25, -0.2) is 4.79 Å². The maximum atomic E-state index is 12.7. The van der Waals surface area contributed by atoms with E-state index in [9.17, 15) is 14.7 Å². The molecule has 0 spiro atoms. The summed E-state index contributed by atoms with van der Waals surface area (Å²) in [7, 11) is 0. The zero-order valence-electron chi connectivity index (χ0n) is 14.8. The molecule has 1 amide bonds. The van der Waals surface area contributed by atoms with Gasteiger partial charge >= 0.3 is 5.97 Å². The highest BCUT2D eigenvalue weighted by molar-refractivity contribution is 5.88. The maximum absolute atomic E-state index is 12.7. The molecule has 0 aliphatic carbocycles. The number of rotatable bonds is 4. The minimum Gasteiger partial charge on any atom is -0.480 e. The molecule has 1 fully saturated rings. The third kappa shape index (κ3) is 2.60. The number of aliphatic carboxylic acids is 1. The van der Waals surface area contributed by atoms with Crippen molar-refractivity contribution < 1.29 is 33.6 Å². The van der Waals surface area contributed by atoms with Gasteiger partial charge in [-0.2, -0.15) is 0 Å². The average Bonchev–Trinajstić information content (AvgIpc) is 3.41. The van der Waals surface area contributed by atoms with Gasteiger partial charge in [-0.15, -0.1) is 0 Å². The molecule has 3 aliphatic heterocycles. The molecule has 8 heteroatoms. The van der Waals surface area contributed by atoms with E-state index in [-0.39, 0.29) is 32.3 Å². The van der Waals surface area contributed by atoms with Gasteiger partial charge in [0.1, 0.15) is 6.04 Å². The number of benzene rings is 2. The van der Waals surface area contributed by atoms with Gasteiger partial charge in [-0.1, -0.05) is 12.1 Å². The van der Waals surface area contributed by atoms with Gasteiger partial charge in [0.05, 0.1) is 6.04 Å². The number of ether oxygens (including phenoxy) is 4. The van der Waals surface area contributed by atoms with Crippen molar-refractivity contribution in [2.45, 2.75) is 24.9 Å². The van der Waals surface area contributed by atoms with Crippen molar-refractivity contribution in [3.05, 3.63) is 47.5 Å². The first-order chi connectivity index (χ1) is 13.6. The second-order valence-electron chi connectivity index (χ2n) is 6.82. The van der Waals surface area contributed by atoms with Crippen LogP contribution in [0.4, 0.5) is 0 Å². The van der Waals surface area contributed by atoms with Crippen LogP contribution in [-0.4, -0.2) is 41.5 Å². The van der Waals surface area contributed by atoms with Gasteiger partial charge in [0, 0.05) is 6.42 Å². The van der Waals surface area contributed by atoms with E-state index in [0.29, 0.717) is 23.0 Å². The van der Waals surface area contributed by atoms with Crippen LogP contribution in [0.2, 0.25) is 0 Å². The standard InChI is InChI=1S/C20H17NO7/c22-18-6-3-13(20(23)24)21(18)19(11-1-4-14-16(7-11)27-9-25-14)12-2-5-15-17(8-12)28-10-26-15/h1-2,4-5,7-8,13,19H,3,6,9-10H2,(H,23,24)/t13-/m0/s1. The zero-order chi connectivity index (χ0) is 19.3. The molecule has 1 N–H and O–H groups in total. The number of carbonyl (C=O) groups is 2. The Kier molecular flexibility index (Phi) is 3.78. The van der Waals surface area contributed by atoms with Gasteiger partial charge in [0.2, 0.25) is 19.5 Å². The van der Waals surface area contributed by atoms with Crippen molar-refractivity contribution in [3.63, 3.8) is 0 Å². The van der Waals surface area contributed by atoms with Gasteiger partial charge in [-0.05, 0) is 41.8 Å². The van der Waals surface area contributed by atoms with Crippen molar-refractivity contribution in [3.8, 4) is 23.0 Å². The number of hydrogen-bond acceptors (Lipinski definition) is 6. The Hall–Kier alpha value is -3.42. The second-order valence-corrected chi connectivity index (χ2v) is 6.82. The summed E-state index contributed by atoms with van der Waals surface area (Å²) in [6, 6.07) is 9.29. The molecule has 0 radical (unpaired) electrons. The Labute approximate surface area is 160 Å². The summed E-state index contributed by atoms with van der Waals surface area (Å²) in [4.78, 5) is 26.0. The van der Waals surface area contributed by atoms with Crippen molar-refractivity contribution in [2.75, 3.05) is 13.6 Å². The van der Waals surface area contributed by atoms with E-state index < -0.39 is 18.1 Å². The Morgan fingerprint density at radius 1 is 0.929 bits per heavy atom. The van der Waals surface area contributed by atoms with E-state index in [1.54, 1.807) is 24.3 Å². The quantitative estimate of drug-likeness (QED) is 0.866. The summed E-state index contributed by atoms with van der Waals surface area (Å²) < 4.78 is 21.7. The number of fused-ring (bicyclic) bond motifs is 2. The molecule has 2 aromatic carbocycles. The lowest BCUT2D eigenvalue weighted by atomic mass is 9.95. The number of likely N-dealkylation sites (tertiary alicyclic amines) is 1. The molecule has 8 nitrogen and oxygen atoms in total. The lowest BCUT2D eigenvalue weighted by Gasteiger charge is -2.32. The van der Waals surface area contributed by atoms with Crippen LogP contribution in [0.25, 0.3) is 0 Å². The topological polar surface area (TPSA) is 94.5 Å². The summed E-state index contributed by atoms with van der Waals surface area (Å²) in [5.41, 5.74) is 1.48. The Bertz CT molecular complexity index is 916. The lowest BCUT2D eigenvalue weighted by molar-refractivity contribution is -0.147. The second kappa shape index (κ2) is 6.33. The van der Waals surface area contributed by atoms with E-state index in [1.807, 2.05) is 12.1 Å². The molecule has 0 bridgehead atoms. The predicted octanol–water partition coefficient (Wildman–Crippen LogP) is 2.31. The minimum absolute atomic E-state index is 0.133. The van der Waals surface area contributed by atoms with E-state index in [1.165, 1.54) is 4.90 Å². The molecule has 5 rings (SSSR count). The first kappa shape index (κ1) is 16.7. The monoisotopic (exact) mass is 383 g/mol. The minimum atomic E-state index is -1.02. The molecule has 1 atom stereocenters. The lowest BCUT2D eigenvalue weighted by Crippen LogP contribution is -2.41. The fourth-order valence-electron chi connectivity index (χ4n) is 3.95. The first-order valence-electron chi connectivity index (χ1n) is 8.95. The highest BCUT2D eigenvalue weighted by Gasteiger charge is 2.42. The molecule has 2 aromatic rings. The van der Waals surface area contributed by atoms with Crippen LogP contribution in [-0.2, 0) is 9.59 Å². The van der Waals surface area contributed by atoms with E-state index in [2.05, 4.69) is 0 Å². The average molecular weight is 383 g/mol. The molecule has 1 saturated heterocycles. The normalized spacial score (nSPS) is 19.5. The van der Waals surface area contributed by atoms with Crippen LogP contribution < -0.4 is 18.9 Å². The fraction of sp³-hybridized carbons (Fsp3) is 0.300. The summed E-state index contributed by atoms with van der Waals surface area (Å²) >= 11 is 0. The third-order valence-corrected chi connectivity index (χ3v) is 5.24. The Balaban J connectivity index is 1.64. The fourth-order valence-corrected chi connectivity index (χ4v) is 3.95. The van der Waals surface area contributed by atoms with Crippen LogP contribution in [0.5, 0.6) is 23.0 Å². The smallest absolute Gasteiger partial charge is 0.326 e. The summed E-state index contributed by atoms with van der Waals surface area (Å²) in [6.07, 6.45) is 0.475. The van der Waals surface area contributed by atoms with Gasteiger partial charge in [-0.3, -0.25) is 4.79 Å². The molecule has 0 unspecified atom stereocenters. The Morgan fingerprint density at radius 2 is 1.46 bits per heavy atom. The molecular weight excluding hydrogens is 366 g/mol. The van der Waals surface area contributed by atoms with E-state index >= 15 is 0 Å².